The number of aromatic nitrogens is 2. The predicted octanol–water partition coefficient (Wildman–Crippen LogP) is 3.69. The molecule has 1 aliphatic rings. The van der Waals surface area contributed by atoms with Crippen molar-refractivity contribution in [1.29, 1.82) is 0 Å². The van der Waals surface area contributed by atoms with Crippen molar-refractivity contribution in [3.8, 4) is 0 Å². The second-order valence-corrected chi connectivity index (χ2v) is 7.51. The molecule has 0 radical (unpaired) electrons. The molecule has 3 aromatic rings. The van der Waals surface area contributed by atoms with Gasteiger partial charge in [-0.15, -0.1) is 0 Å². The van der Waals surface area contributed by atoms with E-state index in [9.17, 15) is 14.0 Å². The van der Waals surface area contributed by atoms with Gasteiger partial charge in [-0.05, 0) is 43.5 Å². The third kappa shape index (κ3) is 3.52. The lowest BCUT2D eigenvalue weighted by atomic mass is 10.1. The van der Waals surface area contributed by atoms with Gasteiger partial charge in [-0.1, -0.05) is 29.8 Å². The summed E-state index contributed by atoms with van der Waals surface area (Å²) in [5.41, 5.74) is 1.57. The Hall–Kier alpha value is -2.73. The summed E-state index contributed by atoms with van der Waals surface area (Å²) in [5.74, 6) is -0.691. The van der Waals surface area contributed by atoms with Crippen LogP contribution in [0.3, 0.4) is 0 Å². The number of aryl methyl sites for hydroxylation is 1. The zero-order valence-electron chi connectivity index (χ0n) is 15.4. The molecule has 0 spiro atoms. The Morgan fingerprint density at radius 1 is 1.29 bits per heavy atom. The van der Waals surface area contributed by atoms with Crippen LogP contribution in [0.25, 0.3) is 10.9 Å². The highest BCUT2D eigenvalue weighted by atomic mass is 35.5. The minimum absolute atomic E-state index is 0.0505. The lowest BCUT2D eigenvalue weighted by Gasteiger charge is -2.24. The van der Waals surface area contributed by atoms with Crippen LogP contribution in [0.1, 0.15) is 24.0 Å². The van der Waals surface area contributed by atoms with Crippen molar-refractivity contribution in [2.75, 3.05) is 0 Å². The molecular weight excluding hydrogens is 381 g/mol. The van der Waals surface area contributed by atoms with Crippen molar-refractivity contribution in [3.63, 3.8) is 0 Å². The second-order valence-electron chi connectivity index (χ2n) is 7.10. The largest absolute Gasteiger partial charge is 0.334 e. The summed E-state index contributed by atoms with van der Waals surface area (Å²) in [7, 11) is 0. The van der Waals surface area contributed by atoms with E-state index >= 15 is 0 Å². The van der Waals surface area contributed by atoms with Gasteiger partial charge < -0.3 is 4.90 Å². The van der Waals surface area contributed by atoms with Crippen LogP contribution in [0.2, 0.25) is 5.02 Å². The van der Waals surface area contributed by atoms with E-state index < -0.39 is 5.82 Å². The predicted molar refractivity (Wildman–Crippen MR) is 106 cm³/mol. The number of carbonyl (C=O) groups excluding carboxylic acids is 1. The molecule has 5 nitrogen and oxygen atoms in total. The number of hydrogen-bond acceptors (Lipinski definition) is 3. The molecule has 1 saturated carbocycles. The Bertz CT molecular complexity index is 1100. The first-order valence-electron chi connectivity index (χ1n) is 9.13. The van der Waals surface area contributed by atoms with Gasteiger partial charge in [-0.3, -0.25) is 14.2 Å². The molecule has 0 saturated heterocycles. The maximum Gasteiger partial charge on any atom is 0.261 e. The Morgan fingerprint density at radius 2 is 2.04 bits per heavy atom. The topological polar surface area (TPSA) is 55.2 Å². The zero-order chi connectivity index (χ0) is 19.8. The van der Waals surface area contributed by atoms with Gasteiger partial charge >= 0.3 is 0 Å². The van der Waals surface area contributed by atoms with Crippen molar-refractivity contribution in [2.45, 2.75) is 38.9 Å². The summed E-state index contributed by atoms with van der Waals surface area (Å²) in [6, 6.07) is 9.91. The fraction of sp³-hybridized carbons (Fsp3) is 0.286. The van der Waals surface area contributed by atoms with Crippen molar-refractivity contribution < 1.29 is 9.18 Å². The molecule has 1 heterocycles. The first kappa shape index (κ1) is 18.6. The van der Waals surface area contributed by atoms with Crippen molar-refractivity contribution in [3.05, 3.63) is 75.0 Å². The highest BCUT2D eigenvalue weighted by Crippen LogP contribution is 2.31. The molecule has 28 heavy (non-hydrogen) atoms. The number of hydrogen-bond donors (Lipinski definition) is 0. The normalized spacial score (nSPS) is 13.7. The molecule has 7 heteroatoms. The molecule has 0 N–H and O–H groups in total. The minimum Gasteiger partial charge on any atom is -0.334 e. The summed E-state index contributed by atoms with van der Waals surface area (Å²) in [4.78, 5) is 31.7. The smallest absolute Gasteiger partial charge is 0.261 e. The van der Waals surface area contributed by atoms with E-state index in [0.29, 0.717) is 21.5 Å². The molecule has 1 aromatic heterocycles. The van der Waals surface area contributed by atoms with Crippen LogP contribution < -0.4 is 5.56 Å². The van der Waals surface area contributed by atoms with Crippen LogP contribution in [0, 0.1) is 12.7 Å². The molecule has 144 valence electrons. The number of fused-ring (bicyclic) bond motifs is 1. The van der Waals surface area contributed by atoms with Crippen LogP contribution >= 0.6 is 11.6 Å². The number of benzene rings is 2. The number of carbonyl (C=O) groups is 1. The van der Waals surface area contributed by atoms with Gasteiger partial charge in [-0.25, -0.2) is 9.37 Å². The van der Waals surface area contributed by atoms with Crippen LogP contribution in [0.15, 0.2) is 47.5 Å². The fourth-order valence-corrected chi connectivity index (χ4v) is 3.57. The van der Waals surface area contributed by atoms with E-state index in [1.54, 1.807) is 23.1 Å². The van der Waals surface area contributed by atoms with Gasteiger partial charge in [0.25, 0.3) is 5.56 Å². The van der Waals surface area contributed by atoms with Gasteiger partial charge in [0.1, 0.15) is 12.4 Å². The first-order valence-corrected chi connectivity index (χ1v) is 9.50. The van der Waals surface area contributed by atoms with Gasteiger partial charge in [-0.2, -0.15) is 0 Å². The van der Waals surface area contributed by atoms with Gasteiger partial charge in [0.2, 0.25) is 5.91 Å². The van der Waals surface area contributed by atoms with Crippen molar-refractivity contribution >= 4 is 28.4 Å². The Kier molecular flexibility index (Phi) is 4.89. The molecule has 0 bridgehead atoms. The van der Waals surface area contributed by atoms with Crippen LogP contribution in [-0.2, 0) is 17.9 Å². The van der Waals surface area contributed by atoms with Gasteiger partial charge in [0, 0.05) is 16.6 Å². The lowest BCUT2D eigenvalue weighted by Crippen LogP contribution is -2.38. The average molecular weight is 400 g/mol. The molecule has 0 atom stereocenters. The summed E-state index contributed by atoms with van der Waals surface area (Å²) in [6.07, 6.45) is 3.13. The second kappa shape index (κ2) is 7.36. The molecule has 1 amide bonds. The van der Waals surface area contributed by atoms with Crippen LogP contribution in [-0.4, -0.2) is 26.4 Å². The van der Waals surface area contributed by atoms with Crippen molar-refractivity contribution in [2.24, 2.45) is 0 Å². The fourth-order valence-electron chi connectivity index (χ4n) is 3.35. The third-order valence-electron chi connectivity index (χ3n) is 5.06. The Balaban J connectivity index is 1.62. The van der Waals surface area contributed by atoms with E-state index in [-0.39, 0.29) is 30.6 Å². The van der Waals surface area contributed by atoms with Gasteiger partial charge in [0.05, 0.1) is 23.8 Å². The quantitative estimate of drug-likeness (QED) is 0.657. The summed E-state index contributed by atoms with van der Waals surface area (Å²) < 4.78 is 15.5. The number of rotatable bonds is 5. The van der Waals surface area contributed by atoms with Crippen LogP contribution in [0.5, 0.6) is 0 Å². The molecule has 2 aromatic carbocycles. The van der Waals surface area contributed by atoms with E-state index in [1.165, 1.54) is 23.0 Å². The molecule has 4 rings (SSSR count). The lowest BCUT2D eigenvalue weighted by molar-refractivity contribution is -0.133. The highest BCUT2D eigenvalue weighted by Gasteiger charge is 2.33. The zero-order valence-corrected chi connectivity index (χ0v) is 16.1. The van der Waals surface area contributed by atoms with Crippen LogP contribution in [0.4, 0.5) is 4.39 Å². The maximum absolute atomic E-state index is 14.2. The number of para-hydroxylation sites is 1. The van der Waals surface area contributed by atoms with E-state index in [0.717, 1.165) is 18.4 Å². The van der Waals surface area contributed by atoms with Gasteiger partial charge in [0.15, 0.2) is 0 Å². The summed E-state index contributed by atoms with van der Waals surface area (Å²) in [5, 5.41) is 0.767. The van der Waals surface area contributed by atoms with E-state index in [1.807, 2.05) is 13.0 Å². The number of halogens is 2. The minimum atomic E-state index is -0.439. The van der Waals surface area contributed by atoms with E-state index in [4.69, 9.17) is 11.6 Å². The molecule has 0 unspecified atom stereocenters. The SMILES string of the molecule is Cc1cccc2c(=O)n(CC(=O)N(Cc3c(F)cccc3Cl)C3CC3)cnc12. The Morgan fingerprint density at radius 3 is 2.75 bits per heavy atom. The first-order chi connectivity index (χ1) is 13.5. The molecule has 1 aliphatic carbocycles. The average Bonchev–Trinajstić information content (AvgIpc) is 3.49. The van der Waals surface area contributed by atoms with Crippen molar-refractivity contribution in [1.82, 2.24) is 14.5 Å². The standard InChI is InChI=1S/C21H19ClFN3O2/c1-13-4-2-5-15-20(13)24-12-25(21(15)28)11-19(27)26(14-8-9-14)10-16-17(22)6-3-7-18(16)23/h2-7,12,14H,8-11H2,1H3. The van der Waals surface area contributed by atoms with E-state index in [2.05, 4.69) is 4.98 Å². The number of amides is 1. The Labute approximate surface area is 166 Å². The maximum atomic E-state index is 14.2. The summed E-state index contributed by atoms with van der Waals surface area (Å²) >= 11 is 6.13. The number of nitrogens with zero attached hydrogens (tertiary/aromatic N) is 3. The molecular formula is C21H19ClFN3O2. The molecule has 0 aliphatic heterocycles. The molecule has 1 fully saturated rings. The highest BCUT2D eigenvalue weighted by molar-refractivity contribution is 6.31. The monoisotopic (exact) mass is 399 g/mol. The third-order valence-corrected chi connectivity index (χ3v) is 5.41. The summed E-state index contributed by atoms with van der Waals surface area (Å²) in [6.45, 7) is 1.83.